The Hall–Kier alpha value is -3.91. The number of para-hydroxylation sites is 1. The van der Waals surface area contributed by atoms with Gasteiger partial charge in [-0.25, -0.2) is 4.98 Å². The van der Waals surface area contributed by atoms with Crippen molar-refractivity contribution >= 4 is 23.5 Å². The van der Waals surface area contributed by atoms with Crippen LogP contribution < -0.4 is 15.1 Å². The van der Waals surface area contributed by atoms with E-state index < -0.39 is 0 Å². The third kappa shape index (κ3) is 4.13. The van der Waals surface area contributed by atoms with E-state index in [2.05, 4.69) is 15.4 Å². The summed E-state index contributed by atoms with van der Waals surface area (Å²) in [6, 6.07) is 21.8. The second-order valence-corrected chi connectivity index (χ2v) is 7.38. The Morgan fingerprint density at radius 3 is 2.62 bits per heavy atom. The molecule has 162 valence electrons. The van der Waals surface area contributed by atoms with Crippen LogP contribution in [0.5, 0.6) is 5.75 Å². The Bertz CT molecular complexity index is 1230. The van der Waals surface area contributed by atoms with Gasteiger partial charge < -0.3 is 14.4 Å². The average molecular weight is 428 g/mol. The van der Waals surface area contributed by atoms with Gasteiger partial charge >= 0.3 is 0 Å². The number of ether oxygens (including phenoxy) is 2. The highest BCUT2D eigenvalue weighted by Gasteiger charge is 2.18. The highest BCUT2D eigenvalue weighted by atomic mass is 16.5. The van der Waals surface area contributed by atoms with Crippen LogP contribution in [0.3, 0.4) is 0 Å². The zero-order chi connectivity index (χ0) is 21.8. The highest BCUT2D eigenvalue weighted by Crippen LogP contribution is 2.26. The van der Waals surface area contributed by atoms with E-state index in [1.807, 2.05) is 71.2 Å². The summed E-state index contributed by atoms with van der Waals surface area (Å²) in [5.41, 5.74) is 6.63. The van der Waals surface area contributed by atoms with E-state index in [0.29, 0.717) is 19.0 Å². The number of hydrogen-bond donors (Lipinski definition) is 1. The summed E-state index contributed by atoms with van der Waals surface area (Å²) in [5, 5.41) is 9.23. The van der Waals surface area contributed by atoms with Crippen LogP contribution in [0.4, 0.5) is 11.6 Å². The van der Waals surface area contributed by atoms with Gasteiger partial charge in [0.1, 0.15) is 11.6 Å². The number of benzene rings is 2. The maximum absolute atomic E-state index is 5.54. The zero-order valence-electron chi connectivity index (χ0n) is 17.8. The molecule has 1 aliphatic rings. The molecule has 8 heteroatoms. The number of methoxy groups -OCH3 is 1. The van der Waals surface area contributed by atoms with Gasteiger partial charge in [0.05, 0.1) is 32.2 Å². The largest absolute Gasteiger partial charge is 0.496 e. The fourth-order valence-corrected chi connectivity index (χ4v) is 3.72. The first-order valence-electron chi connectivity index (χ1n) is 10.5. The van der Waals surface area contributed by atoms with Crippen LogP contribution >= 0.6 is 0 Å². The number of hydrazone groups is 1. The molecule has 3 heterocycles. The molecule has 1 aliphatic heterocycles. The smallest absolute Gasteiger partial charge is 0.160 e. The minimum absolute atomic E-state index is 0.643. The van der Waals surface area contributed by atoms with Crippen LogP contribution in [0.25, 0.3) is 16.9 Å². The summed E-state index contributed by atoms with van der Waals surface area (Å²) in [6.07, 6.45) is 1.73. The lowest BCUT2D eigenvalue weighted by Gasteiger charge is -2.29. The maximum atomic E-state index is 5.54. The van der Waals surface area contributed by atoms with Gasteiger partial charge in [0.2, 0.25) is 0 Å². The lowest BCUT2D eigenvalue weighted by Crippen LogP contribution is -2.37. The molecule has 2 aromatic carbocycles. The number of rotatable bonds is 6. The molecule has 0 spiro atoms. The second-order valence-electron chi connectivity index (χ2n) is 7.38. The van der Waals surface area contributed by atoms with Gasteiger partial charge in [-0.15, -0.1) is 0 Å². The van der Waals surface area contributed by atoms with Crippen molar-refractivity contribution in [2.75, 3.05) is 43.7 Å². The molecule has 0 radical (unpaired) electrons. The summed E-state index contributed by atoms with van der Waals surface area (Å²) in [5.74, 6) is 2.36. The number of morpholine rings is 1. The molecule has 0 unspecified atom stereocenters. The van der Waals surface area contributed by atoms with Crippen LogP contribution in [-0.2, 0) is 4.74 Å². The fraction of sp³-hybridized carbons (Fsp3) is 0.208. The van der Waals surface area contributed by atoms with Crippen molar-refractivity contribution in [3.05, 3.63) is 72.3 Å². The van der Waals surface area contributed by atoms with Crippen molar-refractivity contribution < 1.29 is 9.47 Å². The first-order chi connectivity index (χ1) is 15.8. The molecule has 5 rings (SSSR count). The van der Waals surface area contributed by atoms with Crippen LogP contribution in [0, 0.1) is 0 Å². The summed E-state index contributed by atoms with van der Waals surface area (Å²) < 4.78 is 12.8. The zero-order valence-corrected chi connectivity index (χ0v) is 17.8. The van der Waals surface area contributed by atoms with Crippen molar-refractivity contribution in [3.8, 4) is 17.0 Å². The maximum Gasteiger partial charge on any atom is 0.160 e. The molecule has 4 aromatic rings. The SMILES string of the molecule is COc1ccccc1C=NNc1cc(N2CCOCC2)n2nc(-c3ccccc3)cc2n1. The van der Waals surface area contributed by atoms with Crippen molar-refractivity contribution in [1.29, 1.82) is 0 Å². The van der Waals surface area contributed by atoms with E-state index in [1.165, 1.54) is 0 Å². The molecule has 1 saturated heterocycles. The van der Waals surface area contributed by atoms with Crippen LogP contribution in [0.2, 0.25) is 0 Å². The van der Waals surface area contributed by atoms with Crippen LogP contribution in [-0.4, -0.2) is 54.2 Å². The summed E-state index contributed by atoms with van der Waals surface area (Å²) in [4.78, 5) is 7.00. The van der Waals surface area contributed by atoms with Crippen LogP contribution in [0.15, 0.2) is 71.8 Å². The van der Waals surface area contributed by atoms with Gasteiger partial charge in [0.25, 0.3) is 0 Å². The number of hydrogen-bond acceptors (Lipinski definition) is 7. The number of anilines is 2. The normalized spacial score (nSPS) is 14.2. The molecule has 0 amide bonds. The molecule has 0 aliphatic carbocycles. The third-order valence-corrected chi connectivity index (χ3v) is 5.33. The first-order valence-corrected chi connectivity index (χ1v) is 10.5. The van der Waals surface area contributed by atoms with E-state index in [4.69, 9.17) is 19.6 Å². The predicted octanol–water partition coefficient (Wildman–Crippen LogP) is 3.69. The number of nitrogens with one attached hydrogen (secondary N) is 1. The molecule has 0 atom stereocenters. The van der Waals surface area contributed by atoms with E-state index in [-0.39, 0.29) is 0 Å². The van der Waals surface area contributed by atoms with Gasteiger partial charge in [-0.3, -0.25) is 5.43 Å². The van der Waals surface area contributed by atoms with Gasteiger partial charge in [0, 0.05) is 36.3 Å². The third-order valence-electron chi connectivity index (χ3n) is 5.33. The molecule has 8 nitrogen and oxygen atoms in total. The fourth-order valence-electron chi connectivity index (χ4n) is 3.72. The number of aromatic nitrogens is 3. The van der Waals surface area contributed by atoms with E-state index in [1.54, 1.807) is 13.3 Å². The number of fused-ring (bicyclic) bond motifs is 1. The topological polar surface area (TPSA) is 76.3 Å². The molecular weight excluding hydrogens is 404 g/mol. The Morgan fingerprint density at radius 2 is 1.81 bits per heavy atom. The molecular formula is C24H24N6O2. The Balaban J connectivity index is 1.50. The molecule has 1 N–H and O–H groups in total. The van der Waals surface area contributed by atoms with E-state index in [9.17, 15) is 0 Å². The molecule has 0 saturated carbocycles. The molecule has 0 bridgehead atoms. The Labute approximate surface area is 186 Å². The minimum Gasteiger partial charge on any atom is -0.496 e. The average Bonchev–Trinajstić information content (AvgIpc) is 3.29. The first kappa shape index (κ1) is 20.0. The van der Waals surface area contributed by atoms with Crippen molar-refractivity contribution in [3.63, 3.8) is 0 Å². The monoisotopic (exact) mass is 428 g/mol. The predicted molar refractivity (Wildman–Crippen MR) is 126 cm³/mol. The van der Waals surface area contributed by atoms with Gasteiger partial charge in [-0.2, -0.15) is 14.7 Å². The van der Waals surface area contributed by atoms with Gasteiger partial charge in [-0.05, 0) is 12.1 Å². The standard InChI is InChI=1S/C24H24N6O2/c1-31-21-10-6-5-9-19(21)17-25-27-22-16-24(29-11-13-32-14-12-29)30-23(26-22)15-20(28-30)18-7-3-2-4-8-18/h2-10,15-17H,11-14H2,1H3,(H,26,27). The minimum atomic E-state index is 0.643. The summed E-state index contributed by atoms with van der Waals surface area (Å²) in [7, 11) is 1.65. The molecule has 1 fully saturated rings. The van der Waals surface area contributed by atoms with Crippen molar-refractivity contribution in [2.24, 2.45) is 5.10 Å². The van der Waals surface area contributed by atoms with Gasteiger partial charge in [-0.1, -0.05) is 42.5 Å². The van der Waals surface area contributed by atoms with Gasteiger partial charge in [0.15, 0.2) is 11.5 Å². The number of nitrogens with zero attached hydrogens (tertiary/aromatic N) is 5. The quantitative estimate of drug-likeness (QED) is 0.373. The van der Waals surface area contributed by atoms with Crippen LogP contribution in [0.1, 0.15) is 5.56 Å². The Kier molecular flexibility index (Phi) is 5.67. The van der Waals surface area contributed by atoms with Crippen molar-refractivity contribution in [1.82, 2.24) is 14.6 Å². The molecule has 32 heavy (non-hydrogen) atoms. The second kappa shape index (κ2) is 9.07. The Morgan fingerprint density at radius 1 is 1.03 bits per heavy atom. The van der Waals surface area contributed by atoms with E-state index >= 15 is 0 Å². The van der Waals surface area contributed by atoms with Crippen molar-refractivity contribution in [2.45, 2.75) is 0 Å². The lowest BCUT2D eigenvalue weighted by molar-refractivity contribution is 0.122. The highest BCUT2D eigenvalue weighted by molar-refractivity contribution is 5.84. The summed E-state index contributed by atoms with van der Waals surface area (Å²) in [6.45, 7) is 2.96. The molecule has 2 aromatic heterocycles. The summed E-state index contributed by atoms with van der Waals surface area (Å²) >= 11 is 0. The lowest BCUT2D eigenvalue weighted by atomic mass is 10.2. The van der Waals surface area contributed by atoms with E-state index in [0.717, 1.165) is 47.1 Å².